The first kappa shape index (κ1) is 12.6. The van der Waals surface area contributed by atoms with Crippen LogP contribution in [0.1, 0.15) is 19.5 Å². The third kappa shape index (κ3) is 2.78. The van der Waals surface area contributed by atoms with Crippen LogP contribution in [0.5, 0.6) is 5.88 Å². The topological polar surface area (TPSA) is 56.5 Å². The maximum absolute atomic E-state index is 9.62. The summed E-state index contributed by atoms with van der Waals surface area (Å²) in [7, 11) is 0. The predicted molar refractivity (Wildman–Crippen MR) is 61.6 cm³/mol. The number of rotatable bonds is 5. The lowest BCUT2D eigenvalue weighted by molar-refractivity contribution is 0.252. The lowest BCUT2D eigenvalue weighted by atomic mass is 10.5. The van der Waals surface area contributed by atoms with Crippen molar-refractivity contribution in [1.82, 2.24) is 9.55 Å². The molecule has 1 aromatic heterocycles. The smallest absolute Gasteiger partial charge is 0.313 e. The minimum absolute atomic E-state index is 0.0160. The fraction of sp³-hybridized carbons (Fsp3) is 0.625. The molecule has 0 aliphatic heterocycles. The van der Waals surface area contributed by atoms with E-state index in [1.54, 1.807) is 6.92 Å². The van der Waals surface area contributed by atoms with Crippen LogP contribution in [0.4, 0.5) is 0 Å². The van der Waals surface area contributed by atoms with E-state index < -0.39 is 6.64 Å². The Morgan fingerprint density at radius 2 is 2.00 bits per heavy atom. The summed E-state index contributed by atoms with van der Waals surface area (Å²) in [6.45, 7) is 3.58. The van der Waals surface area contributed by atoms with Gasteiger partial charge >= 0.3 is 6.64 Å². The molecule has 0 amide bonds. The van der Waals surface area contributed by atoms with Gasteiger partial charge in [0.05, 0.1) is 18.9 Å². The molecular weight excluding hydrogens is 235 g/mol. The second-order valence-electron chi connectivity index (χ2n) is 2.84. The number of hydrogen-bond acceptors (Lipinski definition) is 5. The molecule has 7 heteroatoms. The van der Waals surface area contributed by atoms with Crippen LogP contribution in [0.25, 0.3) is 0 Å². The summed E-state index contributed by atoms with van der Waals surface area (Å²) in [5, 5.41) is 13.7. The summed E-state index contributed by atoms with van der Waals surface area (Å²) in [6, 6.07) is 1.53. The second-order valence-corrected chi connectivity index (χ2v) is 6.05. The van der Waals surface area contributed by atoms with E-state index in [0.717, 1.165) is 0 Å². The molecule has 1 N–H and O–H groups in total. The lowest BCUT2D eigenvalue weighted by Crippen LogP contribution is -2.06. The molecule has 86 valence electrons. The Morgan fingerprint density at radius 3 is 2.33 bits per heavy atom. The molecule has 0 unspecified atom stereocenters. The highest BCUT2D eigenvalue weighted by Gasteiger charge is 2.25. The maximum Gasteiger partial charge on any atom is 0.313 e. The van der Waals surface area contributed by atoms with Gasteiger partial charge in [0.2, 0.25) is 5.88 Å². The number of hydrogen-bond donors (Lipinski definition) is 1. The normalized spacial score (nSPS) is 11.9. The van der Waals surface area contributed by atoms with E-state index in [-0.39, 0.29) is 5.88 Å². The van der Waals surface area contributed by atoms with Crippen molar-refractivity contribution < 1.29 is 14.2 Å². The van der Waals surface area contributed by atoms with E-state index in [1.165, 1.54) is 10.5 Å². The fourth-order valence-corrected chi connectivity index (χ4v) is 3.63. The molecule has 15 heavy (non-hydrogen) atoms. The van der Waals surface area contributed by atoms with Crippen molar-refractivity contribution in [1.29, 1.82) is 0 Å². The van der Waals surface area contributed by atoms with Gasteiger partial charge in [-0.15, -0.1) is 0 Å². The van der Waals surface area contributed by atoms with Gasteiger partial charge in [-0.3, -0.25) is 0 Å². The van der Waals surface area contributed by atoms with Gasteiger partial charge in [0.1, 0.15) is 0 Å². The van der Waals surface area contributed by atoms with E-state index in [1.807, 2.05) is 13.8 Å². The van der Waals surface area contributed by atoms with Gasteiger partial charge in [0.15, 0.2) is 0 Å². The van der Waals surface area contributed by atoms with Crippen LogP contribution < -0.4 is 0 Å². The first-order valence-electron chi connectivity index (χ1n) is 4.69. The number of nitrogens with zero attached hydrogens (tertiary/aromatic N) is 2. The Balaban J connectivity index is 3.08. The largest absolute Gasteiger partial charge is 0.493 e. The maximum atomic E-state index is 9.62. The highest BCUT2D eigenvalue weighted by Crippen LogP contribution is 2.51. The van der Waals surface area contributed by atoms with E-state index in [9.17, 15) is 5.11 Å². The molecule has 1 aromatic rings. The van der Waals surface area contributed by atoms with E-state index >= 15 is 0 Å². The summed E-state index contributed by atoms with van der Waals surface area (Å²) >= 11 is 5.27. The van der Waals surface area contributed by atoms with Crippen LogP contribution in [0.3, 0.4) is 0 Å². The molecule has 0 bridgehead atoms. The Bertz CT molecular complexity index is 370. The van der Waals surface area contributed by atoms with Crippen LogP contribution in [-0.2, 0) is 20.9 Å². The van der Waals surface area contributed by atoms with Gasteiger partial charge in [-0.1, -0.05) is 0 Å². The van der Waals surface area contributed by atoms with Crippen molar-refractivity contribution >= 4 is 18.4 Å². The van der Waals surface area contributed by atoms with Gasteiger partial charge < -0.3 is 14.2 Å². The standard InChI is InChI=1S/C8H15N2O3PS/c1-4-12-14(15,13-5-2)10-8(11)6-7(3)9-10/h6,11H,4-5H2,1-3H3. The van der Waals surface area contributed by atoms with Crippen molar-refractivity contribution in [2.75, 3.05) is 13.2 Å². The average Bonchev–Trinajstić information content (AvgIpc) is 2.46. The minimum atomic E-state index is -2.70. The van der Waals surface area contributed by atoms with Gasteiger partial charge in [-0.2, -0.15) is 9.55 Å². The summed E-state index contributed by atoms with van der Waals surface area (Å²) < 4.78 is 12.1. The third-order valence-electron chi connectivity index (χ3n) is 1.61. The van der Waals surface area contributed by atoms with E-state index in [0.29, 0.717) is 18.9 Å². The molecule has 0 aromatic carbocycles. The summed E-state index contributed by atoms with van der Waals surface area (Å²) in [5.41, 5.74) is 0.682. The van der Waals surface area contributed by atoms with Gasteiger partial charge in [0.25, 0.3) is 0 Å². The number of aromatic nitrogens is 2. The summed E-state index contributed by atoms with van der Waals surface area (Å²) in [4.78, 5) is 0. The zero-order valence-corrected chi connectivity index (χ0v) is 10.7. The highest BCUT2D eigenvalue weighted by atomic mass is 32.5. The number of aryl methyl sites for hydroxylation is 1. The lowest BCUT2D eigenvalue weighted by Gasteiger charge is -2.20. The quantitative estimate of drug-likeness (QED) is 0.810. The zero-order chi connectivity index (χ0) is 11.5. The Hall–Kier alpha value is -0.420. The molecule has 1 rings (SSSR count). The van der Waals surface area contributed by atoms with Crippen molar-refractivity contribution in [3.63, 3.8) is 0 Å². The molecular formula is C8H15N2O3PS. The van der Waals surface area contributed by atoms with Crippen molar-refractivity contribution in [3.05, 3.63) is 11.8 Å². The van der Waals surface area contributed by atoms with Gasteiger partial charge in [0, 0.05) is 6.07 Å². The molecule has 0 aliphatic carbocycles. The molecule has 0 saturated carbocycles. The molecule has 0 spiro atoms. The predicted octanol–water partition coefficient (Wildman–Crippen LogP) is 2.04. The van der Waals surface area contributed by atoms with E-state index in [4.69, 9.17) is 20.9 Å². The van der Waals surface area contributed by atoms with Crippen LogP contribution in [-0.4, -0.2) is 27.9 Å². The van der Waals surface area contributed by atoms with Crippen molar-refractivity contribution in [2.24, 2.45) is 0 Å². The average molecular weight is 250 g/mol. The SMILES string of the molecule is CCOP(=S)(OCC)n1nc(C)cc1O. The monoisotopic (exact) mass is 250 g/mol. The molecule has 0 aliphatic rings. The first-order valence-corrected chi connectivity index (χ1v) is 7.28. The number of aromatic hydroxyl groups is 1. The summed E-state index contributed by atoms with van der Waals surface area (Å²) in [6.07, 6.45) is 0. The Morgan fingerprint density at radius 1 is 1.47 bits per heavy atom. The molecule has 5 nitrogen and oxygen atoms in total. The minimum Gasteiger partial charge on any atom is -0.493 e. The first-order chi connectivity index (χ1) is 7.03. The highest BCUT2D eigenvalue weighted by molar-refractivity contribution is 8.09. The Labute approximate surface area is 94.2 Å². The van der Waals surface area contributed by atoms with Crippen LogP contribution in [0.15, 0.2) is 6.07 Å². The molecule has 1 heterocycles. The van der Waals surface area contributed by atoms with Crippen molar-refractivity contribution in [3.8, 4) is 5.88 Å². The third-order valence-corrected chi connectivity index (χ3v) is 4.64. The fourth-order valence-electron chi connectivity index (χ4n) is 1.13. The van der Waals surface area contributed by atoms with Crippen LogP contribution in [0.2, 0.25) is 0 Å². The zero-order valence-electron chi connectivity index (χ0n) is 9.01. The van der Waals surface area contributed by atoms with Crippen LogP contribution >= 0.6 is 6.64 Å². The molecule has 0 atom stereocenters. The Kier molecular flexibility index (Phi) is 4.28. The molecule has 0 radical (unpaired) electrons. The van der Waals surface area contributed by atoms with Gasteiger partial charge in [-0.05, 0) is 32.6 Å². The van der Waals surface area contributed by atoms with E-state index in [2.05, 4.69) is 5.10 Å². The van der Waals surface area contributed by atoms with Gasteiger partial charge in [-0.25, -0.2) is 0 Å². The van der Waals surface area contributed by atoms with Crippen molar-refractivity contribution in [2.45, 2.75) is 20.8 Å². The van der Waals surface area contributed by atoms with Crippen LogP contribution in [0, 0.1) is 6.92 Å². The molecule has 0 fully saturated rings. The summed E-state index contributed by atoms with van der Waals surface area (Å²) in [5.74, 6) is -0.0160. The molecule has 0 saturated heterocycles. The second kappa shape index (κ2) is 5.07.